The summed E-state index contributed by atoms with van der Waals surface area (Å²) in [4.78, 5) is 11.8. The zero-order valence-electron chi connectivity index (χ0n) is 11.0. The summed E-state index contributed by atoms with van der Waals surface area (Å²) in [5.41, 5.74) is 1.45. The maximum Gasteiger partial charge on any atom is 0.296 e. The standard InChI is InChI=1S/C13H15NO4S/c1-5-6-14-13(15)11-8-12(19(16,17)18-4)10(3)7-9(11)2/h1,7-8H,6H2,2-4H3,(H,14,15). The third kappa shape index (κ3) is 3.34. The Morgan fingerprint density at radius 1 is 1.37 bits per heavy atom. The Labute approximate surface area is 113 Å². The first-order chi connectivity index (χ1) is 8.83. The van der Waals surface area contributed by atoms with E-state index in [-0.39, 0.29) is 17.0 Å². The SMILES string of the molecule is C#CCNC(=O)c1cc(S(=O)(=O)OC)c(C)cc1C. The van der Waals surface area contributed by atoms with Crippen molar-refractivity contribution >= 4 is 16.0 Å². The van der Waals surface area contributed by atoms with Gasteiger partial charge >= 0.3 is 0 Å². The first-order valence-corrected chi connectivity index (χ1v) is 6.88. The summed E-state index contributed by atoms with van der Waals surface area (Å²) in [6, 6.07) is 2.92. The molecule has 0 saturated carbocycles. The lowest BCUT2D eigenvalue weighted by Crippen LogP contribution is -2.24. The van der Waals surface area contributed by atoms with Crippen LogP contribution in [0.4, 0.5) is 0 Å². The molecule has 19 heavy (non-hydrogen) atoms. The minimum atomic E-state index is -3.84. The topological polar surface area (TPSA) is 72.5 Å². The predicted octanol–water partition coefficient (Wildman–Crippen LogP) is 1.00. The fourth-order valence-corrected chi connectivity index (χ4v) is 2.56. The van der Waals surface area contributed by atoms with Gasteiger partial charge in [0.25, 0.3) is 16.0 Å². The van der Waals surface area contributed by atoms with Crippen molar-refractivity contribution in [3.05, 3.63) is 28.8 Å². The number of hydrogen-bond acceptors (Lipinski definition) is 4. The first kappa shape index (κ1) is 15.2. The van der Waals surface area contributed by atoms with Gasteiger partial charge < -0.3 is 5.32 Å². The molecule has 1 aromatic rings. The lowest BCUT2D eigenvalue weighted by Gasteiger charge is -2.11. The summed E-state index contributed by atoms with van der Waals surface area (Å²) in [7, 11) is -2.77. The molecule has 1 rings (SSSR count). The molecule has 1 N–H and O–H groups in total. The van der Waals surface area contributed by atoms with Crippen molar-refractivity contribution in [3.63, 3.8) is 0 Å². The van der Waals surface area contributed by atoms with E-state index in [9.17, 15) is 13.2 Å². The molecule has 0 fully saturated rings. The molecule has 102 valence electrons. The van der Waals surface area contributed by atoms with Crippen molar-refractivity contribution in [2.75, 3.05) is 13.7 Å². The molecule has 1 aromatic carbocycles. The van der Waals surface area contributed by atoms with Crippen LogP contribution in [0.25, 0.3) is 0 Å². The van der Waals surface area contributed by atoms with Gasteiger partial charge in [0.1, 0.15) is 0 Å². The number of nitrogens with one attached hydrogen (secondary N) is 1. The van der Waals surface area contributed by atoms with E-state index in [0.29, 0.717) is 11.1 Å². The number of rotatable bonds is 4. The molecular formula is C13H15NO4S. The van der Waals surface area contributed by atoms with E-state index in [0.717, 1.165) is 7.11 Å². The van der Waals surface area contributed by atoms with E-state index in [4.69, 9.17) is 6.42 Å². The zero-order chi connectivity index (χ0) is 14.6. The molecular weight excluding hydrogens is 266 g/mol. The second-order valence-electron chi connectivity index (χ2n) is 3.94. The van der Waals surface area contributed by atoms with Crippen molar-refractivity contribution in [3.8, 4) is 12.3 Å². The summed E-state index contributed by atoms with van der Waals surface area (Å²) in [6.07, 6.45) is 5.06. The summed E-state index contributed by atoms with van der Waals surface area (Å²) in [5, 5.41) is 2.49. The highest BCUT2D eigenvalue weighted by Crippen LogP contribution is 2.21. The van der Waals surface area contributed by atoms with Crippen LogP contribution in [0.2, 0.25) is 0 Å². The molecule has 0 aliphatic heterocycles. The molecule has 1 amide bonds. The molecule has 0 saturated heterocycles. The molecule has 0 spiro atoms. The van der Waals surface area contributed by atoms with Crippen molar-refractivity contribution < 1.29 is 17.4 Å². The van der Waals surface area contributed by atoms with Crippen LogP contribution >= 0.6 is 0 Å². The molecule has 0 bridgehead atoms. The molecule has 5 nitrogen and oxygen atoms in total. The second-order valence-corrected chi connectivity index (χ2v) is 5.62. The van der Waals surface area contributed by atoms with Crippen LogP contribution in [0, 0.1) is 26.2 Å². The highest BCUT2D eigenvalue weighted by atomic mass is 32.2. The van der Waals surface area contributed by atoms with Crippen LogP contribution in [0.5, 0.6) is 0 Å². The van der Waals surface area contributed by atoms with Gasteiger partial charge in [-0.1, -0.05) is 12.0 Å². The number of carbonyl (C=O) groups excluding carboxylic acids is 1. The quantitative estimate of drug-likeness (QED) is 0.660. The lowest BCUT2D eigenvalue weighted by molar-refractivity contribution is 0.0958. The van der Waals surface area contributed by atoms with E-state index in [1.54, 1.807) is 19.9 Å². The zero-order valence-corrected chi connectivity index (χ0v) is 11.8. The van der Waals surface area contributed by atoms with Gasteiger partial charge in [0, 0.05) is 5.56 Å². The Morgan fingerprint density at radius 2 is 2.00 bits per heavy atom. The van der Waals surface area contributed by atoms with Crippen molar-refractivity contribution in [2.24, 2.45) is 0 Å². The minimum Gasteiger partial charge on any atom is -0.341 e. The third-order valence-electron chi connectivity index (χ3n) is 2.61. The van der Waals surface area contributed by atoms with Gasteiger partial charge in [-0.15, -0.1) is 6.42 Å². The smallest absolute Gasteiger partial charge is 0.296 e. The van der Waals surface area contributed by atoms with Crippen LogP contribution in [0.3, 0.4) is 0 Å². The first-order valence-electron chi connectivity index (χ1n) is 5.47. The number of terminal acetylenes is 1. The average Bonchev–Trinajstić information content (AvgIpc) is 2.35. The number of hydrogen-bond donors (Lipinski definition) is 1. The summed E-state index contributed by atoms with van der Waals surface area (Å²) < 4.78 is 27.9. The molecule has 0 aliphatic rings. The van der Waals surface area contributed by atoms with Gasteiger partial charge in [0.05, 0.1) is 18.6 Å². The van der Waals surface area contributed by atoms with Gasteiger partial charge in [-0.2, -0.15) is 8.42 Å². The molecule has 0 radical (unpaired) electrons. The van der Waals surface area contributed by atoms with Crippen LogP contribution < -0.4 is 5.32 Å². The Kier molecular flexibility index (Phi) is 4.70. The van der Waals surface area contributed by atoms with Gasteiger partial charge in [-0.25, -0.2) is 0 Å². The van der Waals surface area contributed by atoms with Gasteiger partial charge in [-0.3, -0.25) is 8.98 Å². The lowest BCUT2D eigenvalue weighted by atomic mass is 10.1. The molecule has 6 heteroatoms. The van der Waals surface area contributed by atoms with Crippen molar-refractivity contribution in [1.29, 1.82) is 0 Å². The summed E-state index contributed by atoms with van der Waals surface area (Å²) >= 11 is 0. The normalized spacial score (nSPS) is 10.8. The molecule has 0 heterocycles. The van der Waals surface area contributed by atoms with E-state index in [1.807, 2.05) is 0 Å². The van der Waals surface area contributed by atoms with Crippen molar-refractivity contribution in [2.45, 2.75) is 18.7 Å². The van der Waals surface area contributed by atoms with Gasteiger partial charge in [-0.05, 0) is 31.0 Å². The largest absolute Gasteiger partial charge is 0.341 e. The monoisotopic (exact) mass is 281 g/mol. The van der Waals surface area contributed by atoms with Gasteiger partial charge in [0.15, 0.2) is 0 Å². The number of aryl methyl sites for hydroxylation is 2. The van der Waals surface area contributed by atoms with E-state index in [1.165, 1.54) is 6.07 Å². The fourth-order valence-electron chi connectivity index (χ4n) is 1.66. The number of benzene rings is 1. The van der Waals surface area contributed by atoms with Crippen LogP contribution in [-0.2, 0) is 14.3 Å². The maximum atomic E-state index is 11.9. The third-order valence-corrected chi connectivity index (χ3v) is 4.02. The maximum absolute atomic E-state index is 11.9. The van der Waals surface area contributed by atoms with Crippen LogP contribution in [-0.4, -0.2) is 28.0 Å². The van der Waals surface area contributed by atoms with E-state index >= 15 is 0 Å². The Hall–Kier alpha value is -1.84. The van der Waals surface area contributed by atoms with Crippen LogP contribution in [0.1, 0.15) is 21.5 Å². The highest BCUT2D eigenvalue weighted by Gasteiger charge is 2.20. The van der Waals surface area contributed by atoms with Crippen molar-refractivity contribution in [1.82, 2.24) is 5.32 Å². The Bertz CT molecular complexity index is 641. The number of carbonyl (C=O) groups is 1. The van der Waals surface area contributed by atoms with E-state index in [2.05, 4.69) is 15.4 Å². The fraction of sp³-hybridized carbons (Fsp3) is 0.308. The van der Waals surface area contributed by atoms with Gasteiger partial charge in [0.2, 0.25) is 0 Å². The number of amides is 1. The molecule has 0 unspecified atom stereocenters. The Morgan fingerprint density at radius 3 is 2.53 bits per heavy atom. The van der Waals surface area contributed by atoms with Crippen LogP contribution in [0.15, 0.2) is 17.0 Å². The molecule has 0 aromatic heterocycles. The molecule has 0 atom stereocenters. The summed E-state index contributed by atoms with van der Waals surface area (Å²) in [5.74, 6) is 1.87. The summed E-state index contributed by atoms with van der Waals surface area (Å²) in [6.45, 7) is 3.45. The minimum absolute atomic E-state index is 0.0218. The molecule has 0 aliphatic carbocycles. The Balaban J connectivity index is 3.33. The second kappa shape index (κ2) is 5.87. The average molecular weight is 281 g/mol. The van der Waals surface area contributed by atoms with E-state index < -0.39 is 16.0 Å². The predicted molar refractivity (Wildman–Crippen MR) is 71.3 cm³/mol. The highest BCUT2D eigenvalue weighted by molar-refractivity contribution is 7.86.